The standard InChI is InChI=1S/C25H20N2O5S/c1-17-5-4-6-19(13-17)15-26-24(28)23(33-25(26)29)14-20-7-2-3-8-22(20)32-16-18-9-11-21(12-10-18)27(30)31/h2-14H,15-16H2,1H3/b23-14-. The molecule has 0 aromatic heterocycles. The number of carbonyl (C=O) groups is 2. The highest BCUT2D eigenvalue weighted by molar-refractivity contribution is 8.18. The molecule has 3 aromatic carbocycles. The molecule has 1 aliphatic rings. The third kappa shape index (κ3) is 5.30. The number of imide groups is 1. The first kappa shape index (κ1) is 22.3. The number of para-hydroxylation sites is 1. The van der Waals surface area contributed by atoms with Gasteiger partial charge in [0.2, 0.25) is 0 Å². The summed E-state index contributed by atoms with van der Waals surface area (Å²) in [6.45, 7) is 2.39. The molecule has 8 heteroatoms. The highest BCUT2D eigenvalue weighted by atomic mass is 32.2. The Morgan fingerprint density at radius 2 is 1.76 bits per heavy atom. The van der Waals surface area contributed by atoms with Gasteiger partial charge in [-0.1, -0.05) is 48.0 Å². The number of benzene rings is 3. The second-order valence-corrected chi connectivity index (χ2v) is 8.50. The van der Waals surface area contributed by atoms with Crippen LogP contribution in [-0.2, 0) is 17.9 Å². The number of thioether (sulfide) groups is 1. The van der Waals surface area contributed by atoms with Crippen LogP contribution in [-0.4, -0.2) is 21.0 Å². The lowest BCUT2D eigenvalue weighted by molar-refractivity contribution is -0.384. The van der Waals surface area contributed by atoms with Crippen LogP contribution in [0.5, 0.6) is 5.75 Å². The van der Waals surface area contributed by atoms with Crippen LogP contribution in [0.1, 0.15) is 22.3 Å². The summed E-state index contributed by atoms with van der Waals surface area (Å²) in [5, 5.41) is 10.5. The average Bonchev–Trinajstić information content (AvgIpc) is 3.06. The Balaban J connectivity index is 1.49. The van der Waals surface area contributed by atoms with Crippen LogP contribution < -0.4 is 4.74 Å². The molecule has 1 heterocycles. The van der Waals surface area contributed by atoms with Crippen molar-refractivity contribution in [1.29, 1.82) is 0 Å². The summed E-state index contributed by atoms with van der Waals surface area (Å²) < 4.78 is 5.90. The van der Waals surface area contributed by atoms with Crippen LogP contribution >= 0.6 is 11.8 Å². The number of nitrogens with zero attached hydrogens (tertiary/aromatic N) is 2. The number of ether oxygens (including phenoxy) is 1. The first-order valence-electron chi connectivity index (χ1n) is 10.2. The molecule has 7 nitrogen and oxygen atoms in total. The van der Waals surface area contributed by atoms with Gasteiger partial charge < -0.3 is 4.74 Å². The molecule has 4 rings (SSSR count). The van der Waals surface area contributed by atoms with E-state index in [0.29, 0.717) is 16.2 Å². The van der Waals surface area contributed by atoms with Gasteiger partial charge >= 0.3 is 0 Å². The van der Waals surface area contributed by atoms with Gasteiger partial charge in [-0.15, -0.1) is 0 Å². The van der Waals surface area contributed by atoms with Gasteiger partial charge in [0.1, 0.15) is 12.4 Å². The first-order chi connectivity index (χ1) is 15.9. The Morgan fingerprint density at radius 3 is 2.48 bits per heavy atom. The summed E-state index contributed by atoms with van der Waals surface area (Å²) in [7, 11) is 0. The van der Waals surface area contributed by atoms with Gasteiger partial charge in [0.25, 0.3) is 16.8 Å². The smallest absolute Gasteiger partial charge is 0.293 e. The fourth-order valence-electron chi connectivity index (χ4n) is 3.38. The van der Waals surface area contributed by atoms with Crippen molar-refractivity contribution in [2.24, 2.45) is 0 Å². The summed E-state index contributed by atoms with van der Waals surface area (Å²) in [5.74, 6) is 0.206. The number of nitro benzene ring substituents is 1. The topological polar surface area (TPSA) is 89.8 Å². The molecule has 0 aliphatic carbocycles. The van der Waals surface area contributed by atoms with Gasteiger partial charge in [0.15, 0.2) is 0 Å². The molecule has 1 fully saturated rings. The third-order valence-electron chi connectivity index (χ3n) is 5.04. The minimum atomic E-state index is -0.452. The van der Waals surface area contributed by atoms with E-state index in [9.17, 15) is 19.7 Å². The lowest BCUT2D eigenvalue weighted by Gasteiger charge is -2.13. The normalized spacial score (nSPS) is 14.7. The Kier molecular flexibility index (Phi) is 6.55. The number of non-ortho nitro benzene ring substituents is 1. The Bertz CT molecular complexity index is 1250. The van der Waals surface area contributed by atoms with Crippen molar-refractivity contribution in [1.82, 2.24) is 4.90 Å². The number of nitro groups is 1. The molecule has 1 aliphatic heterocycles. The molecule has 0 spiro atoms. The lowest BCUT2D eigenvalue weighted by Crippen LogP contribution is -2.27. The zero-order chi connectivity index (χ0) is 23.4. The fraction of sp³-hybridized carbons (Fsp3) is 0.120. The van der Waals surface area contributed by atoms with Gasteiger partial charge in [-0.25, -0.2) is 0 Å². The summed E-state index contributed by atoms with van der Waals surface area (Å²) in [6.07, 6.45) is 1.66. The zero-order valence-electron chi connectivity index (χ0n) is 17.8. The second-order valence-electron chi connectivity index (χ2n) is 7.51. The second kappa shape index (κ2) is 9.70. The quantitative estimate of drug-likeness (QED) is 0.255. The van der Waals surface area contributed by atoms with E-state index in [0.717, 1.165) is 28.5 Å². The van der Waals surface area contributed by atoms with Gasteiger partial charge in [0, 0.05) is 17.7 Å². The van der Waals surface area contributed by atoms with Crippen molar-refractivity contribution in [3.63, 3.8) is 0 Å². The lowest BCUT2D eigenvalue weighted by atomic mass is 10.1. The Labute approximate surface area is 194 Å². The number of hydrogen-bond acceptors (Lipinski definition) is 6. The van der Waals surface area contributed by atoms with E-state index in [2.05, 4.69) is 0 Å². The Morgan fingerprint density at radius 1 is 1.00 bits per heavy atom. The Hall–Kier alpha value is -3.91. The summed E-state index contributed by atoms with van der Waals surface area (Å²) >= 11 is 0.907. The number of hydrogen-bond donors (Lipinski definition) is 0. The molecular weight excluding hydrogens is 440 g/mol. The summed E-state index contributed by atoms with van der Waals surface area (Å²) in [6, 6.07) is 21.0. The van der Waals surface area contributed by atoms with E-state index in [-0.39, 0.29) is 30.0 Å². The van der Waals surface area contributed by atoms with Crippen molar-refractivity contribution in [2.75, 3.05) is 0 Å². The number of amides is 2. The molecule has 0 unspecified atom stereocenters. The molecule has 0 radical (unpaired) electrons. The van der Waals surface area contributed by atoms with Crippen molar-refractivity contribution < 1.29 is 19.2 Å². The van der Waals surface area contributed by atoms with Crippen LogP contribution in [0.4, 0.5) is 10.5 Å². The molecule has 0 N–H and O–H groups in total. The average molecular weight is 461 g/mol. The monoisotopic (exact) mass is 460 g/mol. The summed E-state index contributed by atoms with van der Waals surface area (Å²) in [5.41, 5.74) is 3.41. The molecule has 3 aromatic rings. The van der Waals surface area contributed by atoms with Gasteiger partial charge in [0.05, 0.1) is 16.4 Å². The molecule has 33 heavy (non-hydrogen) atoms. The molecule has 1 saturated heterocycles. The van der Waals surface area contributed by atoms with E-state index < -0.39 is 4.92 Å². The van der Waals surface area contributed by atoms with Crippen LogP contribution in [0.15, 0.2) is 77.7 Å². The van der Waals surface area contributed by atoms with Crippen LogP contribution in [0.25, 0.3) is 6.08 Å². The maximum Gasteiger partial charge on any atom is 0.293 e. The molecular formula is C25H20N2O5S. The van der Waals surface area contributed by atoms with E-state index in [4.69, 9.17) is 4.74 Å². The van der Waals surface area contributed by atoms with E-state index in [1.807, 2.05) is 43.3 Å². The van der Waals surface area contributed by atoms with Crippen molar-refractivity contribution in [3.05, 3.63) is 110 Å². The van der Waals surface area contributed by atoms with Gasteiger partial charge in [-0.3, -0.25) is 24.6 Å². The maximum atomic E-state index is 12.9. The molecule has 166 valence electrons. The molecule has 0 atom stereocenters. The van der Waals surface area contributed by atoms with Gasteiger partial charge in [-0.05, 0) is 54.1 Å². The van der Waals surface area contributed by atoms with E-state index >= 15 is 0 Å². The number of rotatable bonds is 7. The predicted octanol–water partition coefficient (Wildman–Crippen LogP) is 5.72. The van der Waals surface area contributed by atoms with Crippen LogP contribution in [0.3, 0.4) is 0 Å². The van der Waals surface area contributed by atoms with E-state index in [1.165, 1.54) is 17.0 Å². The molecule has 0 saturated carbocycles. The predicted molar refractivity (Wildman–Crippen MR) is 127 cm³/mol. The zero-order valence-corrected chi connectivity index (χ0v) is 18.6. The van der Waals surface area contributed by atoms with Crippen molar-refractivity contribution in [2.45, 2.75) is 20.1 Å². The summed E-state index contributed by atoms with van der Waals surface area (Å²) in [4.78, 5) is 37.3. The number of carbonyl (C=O) groups excluding carboxylic acids is 2. The SMILES string of the molecule is Cc1cccc(CN2C(=O)S/C(=C\c3ccccc3OCc3ccc([N+](=O)[O-])cc3)C2=O)c1. The number of aryl methyl sites for hydroxylation is 1. The largest absolute Gasteiger partial charge is 0.488 e. The first-order valence-corrected chi connectivity index (χ1v) is 11.0. The minimum absolute atomic E-state index is 0.0144. The van der Waals surface area contributed by atoms with Crippen LogP contribution in [0, 0.1) is 17.0 Å². The van der Waals surface area contributed by atoms with Crippen molar-refractivity contribution in [3.8, 4) is 5.75 Å². The highest BCUT2D eigenvalue weighted by Gasteiger charge is 2.35. The fourth-order valence-corrected chi connectivity index (χ4v) is 4.21. The maximum absolute atomic E-state index is 12.9. The van der Waals surface area contributed by atoms with E-state index in [1.54, 1.807) is 30.3 Å². The van der Waals surface area contributed by atoms with Crippen LogP contribution in [0.2, 0.25) is 0 Å². The van der Waals surface area contributed by atoms with Crippen molar-refractivity contribution >= 4 is 34.7 Å². The van der Waals surface area contributed by atoms with Gasteiger partial charge in [-0.2, -0.15) is 0 Å². The molecule has 2 amide bonds. The third-order valence-corrected chi connectivity index (χ3v) is 5.95. The minimum Gasteiger partial charge on any atom is -0.488 e. The molecule has 0 bridgehead atoms. The highest BCUT2D eigenvalue weighted by Crippen LogP contribution is 2.35.